The Hall–Kier alpha value is -4.19. The summed E-state index contributed by atoms with van der Waals surface area (Å²) in [5.41, 5.74) is -0.671. The Bertz CT molecular complexity index is 1770. The average Bonchev–Trinajstić information content (AvgIpc) is 3.28. The van der Waals surface area contributed by atoms with E-state index in [0.29, 0.717) is 28.4 Å². The molecule has 1 aromatic carbocycles. The first-order chi connectivity index (χ1) is 21.0. The Morgan fingerprint density at radius 1 is 1.20 bits per heavy atom. The number of rotatable bonds is 7. The highest BCUT2D eigenvalue weighted by molar-refractivity contribution is 6.78. The number of phenols is 1. The lowest BCUT2D eigenvalue weighted by Crippen LogP contribution is -2.54. The van der Waals surface area contributed by atoms with E-state index >= 15 is 0 Å². The van der Waals surface area contributed by atoms with Gasteiger partial charge in [-0.2, -0.15) is 0 Å². The third-order valence-electron chi connectivity index (χ3n) is 8.24. The van der Waals surface area contributed by atoms with Crippen molar-refractivity contribution in [1.29, 1.82) is 0 Å². The number of alkyl carbamates (subject to hydrolysis) is 1. The van der Waals surface area contributed by atoms with E-state index < -0.39 is 49.6 Å². The van der Waals surface area contributed by atoms with E-state index in [1.807, 2.05) is 6.07 Å². The van der Waals surface area contributed by atoms with Gasteiger partial charge < -0.3 is 29.2 Å². The SMILES string of the molecule is CCC1(OC(=O)CNC(=O)OC(C)(C)C)C(=O)OC([Si](C)(C)CC(C)C)c2c1cc1n(c2=O)Cc2cc3cc(O)ccc3nc2-1. The summed E-state index contributed by atoms with van der Waals surface area (Å²) in [6, 6.07) is 9.30. The largest absolute Gasteiger partial charge is 0.508 e. The maximum atomic E-state index is 14.5. The number of amides is 1. The van der Waals surface area contributed by atoms with E-state index in [0.717, 1.165) is 17.0 Å². The van der Waals surface area contributed by atoms with Crippen LogP contribution in [0.15, 0.2) is 35.1 Å². The molecule has 0 aliphatic carbocycles. The molecular weight excluding hydrogens is 594 g/mol. The second-order valence-corrected chi connectivity index (χ2v) is 18.9. The fourth-order valence-corrected chi connectivity index (χ4v) is 10.4. The van der Waals surface area contributed by atoms with Crippen LogP contribution in [-0.2, 0) is 35.9 Å². The van der Waals surface area contributed by atoms with Crippen LogP contribution in [0.4, 0.5) is 4.79 Å². The van der Waals surface area contributed by atoms with Crippen molar-refractivity contribution >= 4 is 37.0 Å². The number of phenolic OH excluding ortho intramolecular Hbond substituents is 1. The highest BCUT2D eigenvalue weighted by Crippen LogP contribution is 2.47. The Morgan fingerprint density at radius 3 is 2.56 bits per heavy atom. The molecule has 2 atom stereocenters. The van der Waals surface area contributed by atoms with Gasteiger partial charge in [-0.1, -0.05) is 39.9 Å². The highest BCUT2D eigenvalue weighted by atomic mass is 28.3. The predicted molar refractivity (Wildman–Crippen MR) is 170 cm³/mol. The van der Waals surface area contributed by atoms with Crippen molar-refractivity contribution in [2.45, 2.75) is 90.6 Å². The molecule has 11 nitrogen and oxygen atoms in total. The molecule has 0 fully saturated rings. The van der Waals surface area contributed by atoms with Gasteiger partial charge in [-0.25, -0.2) is 14.6 Å². The maximum Gasteiger partial charge on any atom is 0.408 e. The van der Waals surface area contributed by atoms with E-state index in [9.17, 15) is 24.3 Å². The fraction of sp³-hybridized carbons (Fsp3) is 0.485. The molecule has 0 radical (unpaired) electrons. The van der Waals surface area contributed by atoms with Gasteiger partial charge in [-0.05, 0) is 63.4 Å². The number of hydrogen-bond acceptors (Lipinski definition) is 9. The molecule has 0 bridgehead atoms. The first-order valence-corrected chi connectivity index (χ1v) is 18.5. The minimum atomic E-state index is -2.43. The second kappa shape index (κ2) is 11.3. The molecule has 2 aliphatic heterocycles. The third kappa shape index (κ3) is 5.95. The zero-order valence-electron chi connectivity index (χ0n) is 27.1. The number of esters is 2. The van der Waals surface area contributed by atoms with Gasteiger partial charge in [0.2, 0.25) is 5.60 Å². The minimum absolute atomic E-state index is 0.00390. The molecule has 12 heteroatoms. The van der Waals surface area contributed by atoms with Crippen molar-refractivity contribution in [3.05, 3.63) is 57.4 Å². The normalized spacial score (nSPS) is 19.0. The van der Waals surface area contributed by atoms with Crippen LogP contribution in [0.2, 0.25) is 19.1 Å². The standard InChI is InChI=1S/C33H41N3O8Si/c1-9-33(43-25(38)15-34-31(41)44-32(4,5)6)22-14-24-27-20(12-19-13-21(37)10-11-23(19)35-27)16-36(24)28(39)26(22)29(42-30(33)40)45(7,8)17-18(2)3/h10-14,18,29,37H,9,15-17H2,1-8H3,(H,34,41). The van der Waals surface area contributed by atoms with Crippen molar-refractivity contribution in [2.75, 3.05) is 6.54 Å². The molecule has 1 amide bonds. The average molecular weight is 636 g/mol. The summed E-state index contributed by atoms with van der Waals surface area (Å²) in [5.74, 6) is -1.22. The fourth-order valence-electron chi connectivity index (χ4n) is 6.60. The Balaban J connectivity index is 1.65. The number of carbonyl (C=O) groups is 3. The third-order valence-corrected chi connectivity index (χ3v) is 11.9. The van der Waals surface area contributed by atoms with Crippen molar-refractivity contribution in [1.82, 2.24) is 14.9 Å². The van der Waals surface area contributed by atoms with Crippen molar-refractivity contribution in [3.8, 4) is 17.1 Å². The lowest BCUT2D eigenvalue weighted by atomic mass is 9.85. The van der Waals surface area contributed by atoms with Gasteiger partial charge in [0.1, 0.15) is 31.7 Å². The first-order valence-electron chi connectivity index (χ1n) is 15.3. The van der Waals surface area contributed by atoms with Crippen LogP contribution >= 0.6 is 0 Å². The van der Waals surface area contributed by atoms with Gasteiger partial charge in [-0.3, -0.25) is 9.59 Å². The molecule has 0 spiro atoms. The predicted octanol–water partition coefficient (Wildman–Crippen LogP) is 5.31. The van der Waals surface area contributed by atoms with Crippen molar-refractivity contribution < 1.29 is 33.7 Å². The number of ether oxygens (including phenoxy) is 3. The number of hydrogen-bond donors (Lipinski definition) is 2. The highest BCUT2D eigenvalue weighted by Gasteiger charge is 2.56. The Labute approximate surface area is 262 Å². The number of benzene rings is 1. The van der Waals surface area contributed by atoms with Gasteiger partial charge in [0.05, 0.1) is 29.0 Å². The van der Waals surface area contributed by atoms with Crippen LogP contribution in [0.1, 0.15) is 70.4 Å². The van der Waals surface area contributed by atoms with Crippen LogP contribution in [0.25, 0.3) is 22.3 Å². The maximum absolute atomic E-state index is 14.5. The molecule has 0 saturated carbocycles. The molecule has 0 saturated heterocycles. The zero-order chi connectivity index (χ0) is 33.1. The lowest BCUT2D eigenvalue weighted by molar-refractivity contribution is -0.190. The van der Waals surface area contributed by atoms with Gasteiger partial charge in [0.15, 0.2) is 0 Å². The number of cyclic esters (lactones) is 1. The van der Waals surface area contributed by atoms with E-state index in [4.69, 9.17) is 19.2 Å². The van der Waals surface area contributed by atoms with Gasteiger partial charge in [0.25, 0.3) is 5.56 Å². The summed E-state index contributed by atoms with van der Waals surface area (Å²) < 4.78 is 18.9. The van der Waals surface area contributed by atoms with Gasteiger partial charge in [0, 0.05) is 16.5 Å². The summed E-state index contributed by atoms with van der Waals surface area (Å²) >= 11 is 0. The van der Waals surface area contributed by atoms with Crippen LogP contribution in [-0.4, -0.2) is 52.9 Å². The topological polar surface area (TPSA) is 146 Å². The smallest absolute Gasteiger partial charge is 0.408 e. The molecule has 2 aliphatic rings. The number of pyridine rings is 2. The molecule has 2 unspecified atom stereocenters. The van der Waals surface area contributed by atoms with Crippen LogP contribution in [0.5, 0.6) is 5.75 Å². The minimum Gasteiger partial charge on any atom is -0.508 e. The zero-order valence-corrected chi connectivity index (χ0v) is 28.1. The van der Waals surface area contributed by atoms with E-state index in [-0.39, 0.29) is 29.8 Å². The van der Waals surface area contributed by atoms with Crippen LogP contribution < -0.4 is 10.9 Å². The molecule has 2 N–H and O–H groups in total. The quantitative estimate of drug-likeness (QED) is 0.157. The molecule has 45 heavy (non-hydrogen) atoms. The summed E-state index contributed by atoms with van der Waals surface area (Å²) in [6.07, 6.45) is -0.812. The monoisotopic (exact) mass is 635 g/mol. The van der Waals surface area contributed by atoms with E-state index in [2.05, 4.69) is 32.3 Å². The summed E-state index contributed by atoms with van der Waals surface area (Å²) in [6.45, 7) is 14.9. The summed E-state index contributed by atoms with van der Waals surface area (Å²) in [5, 5.41) is 13.1. The Morgan fingerprint density at radius 2 is 1.91 bits per heavy atom. The van der Waals surface area contributed by atoms with Crippen LogP contribution in [0, 0.1) is 5.92 Å². The molecule has 3 aromatic rings. The Kier molecular flexibility index (Phi) is 8.09. The summed E-state index contributed by atoms with van der Waals surface area (Å²) in [7, 11) is -2.43. The van der Waals surface area contributed by atoms with Gasteiger partial charge in [-0.15, -0.1) is 0 Å². The molecule has 240 valence electrons. The first kappa shape index (κ1) is 32.2. The van der Waals surface area contributed by atoms with Gasteiger partial charge >= 0.3 is 18.0 Å². The molecular formula is C33H41N3O8Si. The number of carbonyl (C=O) groups excluding carboxylic acids is 3. The van der Waals surface area contributed by atoms with Crippen molar-refractivity contribution in [2.24, 2.45) is 5.92 Å². The molecule has 2 aromatic heterocycles. The van der Waals surface area contributed by atoms with Crippen LogP contribution in [0.3, 0.4) is 0 Å². The summed E-state index contributed by atoms with van der Waals surface area (Å²) in [4.78, 5) is 58.8. The number of aromatic nitrogens is 2. The number of aromatic hydroxyl groups is 1. The van der Waals surface area contributed by atoms with Crippen molar-refractivity contribution in [3.63, 3.8) is 0 Å². The number of nitrogens with zero attached hydrogens (tertiary/aromatic N) is 2. The molecule has 5 rings (SSSR count). The number of fused-ring (bicyclic) bond motifs is 5. The molecule has 4 heterocycles. The van der Waals surface area contributed by atoms with E-state index in [1.165, 1.54) is 0 Å². The van der Waals surface area contributed by atoms with E-state index in [1.54, 1.807) is 56.5 Å². The lowest BCUT2D eigenvalue weighted by Gasteiger charge is -2.43. The number of nitrogens with one attached hydrogen (secondary N) is 1. The second-order valence-electron chi connectivity index (χ2n) is 14.0.